The van der Waals surface area contributed by atoms with Crippen LogP contribution in [0.25, 0.3) is 0 Å². The zero-order valence-corrected chi connectivity index (χ0v) is 9.30. The molecule has 1 heterocycles. The molecule has 1 rings (SSSR count). The molecule has 1 aromatic rings. The maximum Gasteiger partial charge on any atom is 0.241 e. The summed E-state index contributed by atoms with van der Waals surface area (Å²) in [6.45, 7) is 4.59. The first-order chi connectivity index (χ1) is 6.79. The summed E-state index contributed by atoms with van der Waals surface area (Å²) in [5, 5.41) is 0.810. The van der Waals surface area contributed by atoms with Gasteiger partial charge in [0.2, 0.25) is 5.88 Å². The molecule has 2 N–H and O–H groups in total. The molecule has 0 saturated heterocycles. The van der Waals surface area contributed by atoms with E-state index >= 15 is 0 Å². The number of thioether (sulfide) groups is 1. The average molecular weight is 213 g/mol. The summed E-state index contributed by atoms with van der Waals surface area (Å²) in [5.41, 5.74) is 6.39. The van der Waals surface area contributed by atoms with Gasteiger partial charge in [0.05, 0.1) is 6.61 Å². The Morgan fingerprint density at radius 2 is 2.21 bits per heavy atom. The first-order valence-electron chi connectivity index (χ1n) is 4.65. The van der Waals surface area contributed by atoms with Gasteiger partial charge in [0.25, 0.3) is 0 Å². The Morgan fingerprint density at radius 3 is 2.86 bits per heavy atom. The molecule has 0 spiro atoms. The number of hydrogen-bond acceptors (Lipinski definition) is 5. The molecule has 0 amide bonds. The van der Waals surface area contributed by atoms with Crippen molar-refractivity contribution in [3.63, 3.8) is 0 Å². The number of ether oxygens (including phenoxy) is 1. The standard InChI is InChI=1S/C9H15N3OS/c1-3-5-14-9-7(10)8(13-4-2)11-6-12-9/h6H,3-5,10H2,1-2H3. The summed E-state index contributed by atoms with van der Waals surface area (Å²) in [6, 6.07) is 0. The van der Waals surface area contributed by atoms with Gasteiger partial charge in [0, 0.05) is 0 Å². The number of anilines is 1. The highest BCUT2D eigenvalue weighted by Gasteiger charge is 2.08. The number of rotatable bonds is 5. The van der Waals surface area contributed by atoms with Crippen molar-refractivity contribution < 1.29 is 4.74 Å². The van der Waals surface area contributed by atoms with Crippen LogP contribution in [0.1, 0.15) is 20.3 Å². The third-order valence-electron chi connectivity index (χ3n) is 1.53. The van der Waals surface area contributed by atoms with E-state index < -0.39 is 0 Å². The number of hydrogen-bond donors (Lipinski definition) is 1. The van der Waals surface area contributed by atoms with Crippen LogP contribution in [0.4, 0.5) is 5.69 Å². The second-order valence-corrected chi connectivity index (χ2v) is 3.76. The minimum absolute atomic E-state index is 0.487. The summed E-state index contributed by atoms with van der Waals surface area (Å²) in [4.78, 5) is 8.07. The smallest absolute Gasteiger partial charge is 0.241 e. The number of aromatic nitrogens is 2. The second kappa shape index (κ2) is 5.70. The van der Waals surface area contributed by atoms with E-state index in [0.29, 0.717) is 18.2 Å². The van der Waals surface area contributed by atoms with Crippen LogP contribution in [-0.2, 0) is 0 Å². The molecule has 0 aromatic carbocycles. The monoisotopic (exact) mass is 213 g/mol. The molecule has 0 atom stereocenters. The molecular formula is C9H15N3OS. The maximum absolute atomic E-state index is 5.84. The summed E-state index contributed by atoms with van der Waals surface area (Å²) in [6.07, 6.45) is 2.58. The Hall–Kier alpha value is -0.970. The van der Waals surface area contributed by atoms with Gasteiger partial charge in [-0.15, -0.1) is 11.8 Å². The maximum atomic E-state index is 5.84. The first-order valence-corrected chi connectivity index (χ1v) is 5.64. The third kappa shape index (κ3) is 2.77. The number of nitrogens with two attached hydrogens (primary N) is 1. The first kappa shape index (κ1) is 11.1. The van der Waals surface area contributed by atoms with Gasteiger partial charge in [0.1, 0.15) is 17.0 Å². The average Bonchev–Trinajstić information content (AvgIpc) is 2.20. The number of nitrogen functional groups attached to an aromatic ring is 1. The van der Waals surface area contributed by atoms with Crippen LogP contribution in [0.3, 0.4) is 0 Å². The van der Waals surface area contributed by atoms with Crippen molar-refractivity contribution in [1.82, 2.24) is 9.97 Å². The van der Waals surface area contributed by atoms with E-state index in [9.17, 15) is 0 Å². The van der Waals surface area contributed by atoms with E-state index in [-0.39, 0.29) is 0 Å². The Morgan fingerprint density at radius 1 is 1.43 bits per heavy atom. The molecule has 0 aliphatic heterocycles. The van der Waals surface area contributed by atoms with Gasteiger partial charge < -0.3 is 10.5 Å². The van der Waals surface area contributed by atoms with Gasteiger partial charge in [-0.2, -0.15) is 4.98 Å². The lowest BCUT2D eigenvalue weighted by molar-refractivity contribution is 0.327. The zero-order valence-electron chi connectivity index (χ0n) is 8.49. The molecular weight excluding hydrogens is 198 g/mol. The third-order valence-corrected chi connectivity index (χ3v) is 2.75. The van der Waals surface area contributed by atoms with Crippen molar-refractivity contribution in [3.05, 3.63) is 6.33 Å². The fourth-order valence-electron chi connectivity index (χ4n) is 0.930. The highest BCUT2D eigenvalue weighted by Crippen LogP contribution is 2.28. The van der Waals surface area contributed by atoms with Crippen LogP contribution in [0, 0.1) is 0 Å². The predicted molar refractivity (Wildman–Crippen MR) is 58.6 cm³/mol. The van der Waals surface area contributed by atoms with Gasteiger partial charge in [-0.25, -0.2) is 4.98 Å². The van der Waals surface area contributed by atoms with Crippen LogP contribution in [0.5, 0.6) is 5.88 Å². The van der Waals surface area contributed by atoms with Crippen LogP contribution in [0.2, 0.25) is 0 Å². The Bertz CT molecular complexity index is 293. The fourth-order valence-corrected chi connectivity index (χ4v) is 1.69. The molecule has 0 fully saturated rings. The van der Waals surface area contributed by atoms with E-state index in [1.165, 1.54) is 6.33 Å². The fraction of sp³-hybridized carbons (Fsp3) is 0.556. The highest BCUT2D eigenvalue weighted by atomic mass is 32.2. The molecule has 1 aromatic heterocycles. The predicted octanol–water partition coefficient (Wildman–Crippen LogP) is 1.96. The molecule has 0 aliphatic rings. The summed E-state index contributed by atoms with van der Waals surface area (Å²) in [5.74, 6) is 1.49. The van der Waals surface area contributed by atoms with E-state index in [0.717, 1.165) is 17.2 Å². The molecule has 0 bridgehead atoms. The lowest BCUT2D eigenvalue weighted by atomic mass is 10.5. The molecule has 4 nitrogen and oxygen atoms in total. The molecule has 5 heteroatoms. The second-order valence-electron chi connectivity index (χ2n) is 2.68. The topological polar surface area (TPSA) is 61.0 Å². The van der Waals surface area contributed by atoms with Crippen molar-refractivity contribution in [3.8, 4) is 5.88 Å². The van der Waals surface area contributed by atoms with Crippen LogP contribution < -0.4 is 10.5 Å². The van der Waals surface area contributed by atoms with E-state index in [1.54, 1.807) is 11.8 Å². The Labute approximate surface area is 88.3 Å². The molecule has 0 saturated carbocycles. The Kier molecular flexibility index (Phi) is 4.52. The van der Waals surface area contributed by atoms with Crippen LogP contribution >= 0.6 is 11.8 Å². The molecule has 14 heavy (non-hydrogen) atoms. The van der Waals surface area contributed by atoms with Crippen molar-refractivity contribution in [2.75, 3.05) is 18.1 Å². The van der Waals surface area contributed by atoms with Crippen molar-refractivity contribution in [2.24, 2.45) is 0 Å². The van der Waals surface area contributed by atoms with Crippen molar-refractivity contribution in [1.29, 1.82) is 0 Å². The lowest BCUT2D eigenvalue weighted by Gasteiger charge is -2.07. The van der Waals surface area contributed by atoms with Gasteiger partial charge in [-0.1, -0.05) is 6.92 Å². The Balaban J connectivity index is 2.78. The van der Waals surface area contributed by atoms with E-state index in [4.69, 9.17) is 10.5 Å². The van der Waals surface area contributed by atoms with Crippen molar-refractivity contribution >= 4 is 17.4 Å². The van der Waals surface area contributed by atoms with Gasteiger partial charge in [0.15, 0.2) is 0 Å². The van der Waals surface area contributed by atoms with E-state index in [2.05, 4.69) is 16.9 Å². The molecule has 0 radical (unpaired) electrons. The molecule has 0 unspecified atom stereocenters. The summed E-state index contributed by atoms with van der Waals surface area (Å²) < 4.78 is 5.27. The van der Waals surface area contributed by atoms with Crippen molar-refractivity contribution in [2.45, 2.75) is 25.3 Å². The summed E-state index contributed by atoms with van der Waals surface area (Å²) in [7, 11) is 0. The molecule has 0 aliphatic carbocycles. The zero-order chi connectivity index (χ0) is 10.4. The van der Waals surface area contributed by atoms with Crippen LogP contribution in [-0.4, -0.2) is 22.3 Å². The van der Waals surface area contributed by atoms with Crippen LogP contribution in [0.15, 0.2) is 11.4 Å². The molecule has 78 valence electrons. The normalized spacial score (nSPS) is 10.1. The van der Waals surface area contributed by atoms with Gasteiger partial charge >= 0.3 is 0 Å². The highest BCUT2D eigenvalue weighted by molar-refractivity contribution is 7.99. The lowest BCUT2D eigenvalue weighted by Crippen LogP contribution is -2.02. The summed E-state index contributed by atoms with van der Waals surface area (Å²) >= 11 is 1.63. The number of nitrogens with zero attached hydrogens (tertiary/aromatic N) is 2. The van der Waals surface area contributed by atoms with Gasteiger partial charge in [-0.3, -0.25) is 0 Å². The largest absolute Gasteiger partial charge is 0.476 e. The van der Waals surface area contributed by atoms with E-state index in [1.807, 2.05) is 6.92 Å². The minimum Gasteiger partial charge on any atom is -0.476 e. The quantitative estimate of drug-likeness (QED) is 0.598. The SMILES string of the molecule is CCCSc1ncnc(OCC)c1N. The van der Waals surface area contributed by atoms with Gasteiger partial charge in [-0.05, 0) is 19.1 Å². The minimum atomic E-state index is 0.487.